The van der Waals surface area contributed by atoms with Crippen LogP contribution in [0.15, 0.2) is 30.6 Å². The van der Waals surface area contributed by atoms with Crippen LogP contribution in [0.5, 0.6) is 0 Å². The second-order valence-electron chi connectivity index (χ2n) is 10.4. The summed E-state index contributed by atoms with van der Waals surface area (Å²) < 4.78 is 1.55. The zero-order valence-electron chi connectivity index (χ0n) is 22.4. The molecule has 4 amide bonds. The molecule has 0 spiro atoms. The Bertz CT molecular complexity index is 1400. The van der Waals surface area contributed by atoms with Gasteiger partial charge in [0.1, 0.15) is 11.0 Å². The van der Waals surface area contributed by atoms with Crippen LogP contribution in [0.1, 0.15) is 49.0 Å². The number of nitrogens with one attached hydrogen (secondary N) is 5. The highest BCUT2D eigenvalue weighted by Crippen LogP contribution is 2.30. The number of carbonyl (C=O) groups is 3. The Labute approximate surface area is 236 Å². The maximum absolute atomic E-state index is 13.1. The summed E-state index contributed by atoms with van der Waals surface area (Å²) in [7, 11) is 3.30. The molecule has 0 radical (unpaired) electrons. The molecule has 3 aromatic rings. The first-order chi connectivity index (χ1) is 19.2. The molecular formula is C26H33ClN10O3. The van der Waals surface area contributed by atoms with E-state index in [1.807, 2.05) is 6.07 Å². The first-order valence-electron chi connectivity index (χ1n) is 13.3. The van der Waals surface area contributed by atoms with Crippen molar-refractivity contribution >= 4 is 52.3 Å². The number of hydrogen-bond acceptors (Lipinski definition) is 8. The zero-order valence-corrected chi connectivity index (χ0v) is 23.2. The van der Waals surface area contributed by atoms with E-state index < -0.39 is 0 Å². The van der Waals surface area contributed by atoms with Gasteiger partial charge >= 0.3 is 6.03 Å². The number of urea groups is 1. The normalized spacial score (nSPS) is 18.6. The first-order valence-corrected chi connectivity index (χ1v) is 13.7. The van der Waals surface area contributed by atoms with Gasteiger partial charge in [-0.25, -0.2) is 19.3 Å². The lowest BCUT2D eigenvalue weighted by Gasteiger charge is -2.30. The Morgan fingerprint density at radius 1 is 1.00 bits per heavy atom. The molecule has 0 aromatic carbocycles. The fourth-order valence-electron chi connectivity index (χ4n) is 4.56. The van der Waals surface area contributed by atoms with E-state index in [0.717, 1.165) is 44.2 Å². The number of anilines is 3. The number of hydrogen-bond donors (Lipinski definition) is 5. The third-order valence-electron chi connectivity index (χ3n) is 6.94. The molecule has 0 bridgehead atoms. The lowest BCUT2D eigenvalue weighted by molar-refractivity contribution is -0.127. The average molecular weight is 569 g/mol. The number of fused-ring (bicyclic) bond motifs is 1. The molecule has 0 saturated heterocycles. The number of aromatic nitrogens is 4. The van der Waals surface area contributed by atoms with Crippen LogP contribution in [0.25, 0.3) is 5.65 Å². The van der Waals surface area contributed by atoms with Gasteiger partial charge in [-0.15, -0.1) is 5.10 Å². The second kappa shape index (κ2) is 11.9. The molecule has 3 aromatic heterocycles. The molecular weight excluding hydrogens is 536 g/mol. The van der Waals surface area contributed by atoms with Gasteiger partial charge < -0.3 is 31.5 Å². The molecule has 14 heteroatoms. The summed E-state index contributed by atoms with van der Waals surface area (Å²) in [4.78, 5) is 46.8. The van der Waals surface area contributed by atoms with Crippen molar-refractivity contribution in [2.24, 2.45) is 0 Å². The number of likely N-dealkylation sites (N-methyl/N-ethyl adjacent to an activating group) is 1. The number of pyridine rings is 1. The molecule has 5 rings (SSSR count). The largest absolute Gasteiger partial charge is 0.379 e. The maximum atomic E-state index is 13.1. The Balaban J connectivity index is 1.24. The molecule has 13 nitrogen and oxygen atoms in total. The minimum absolute atomic E-state index is 0.0284. The van der Waals surface area contributed by atoms with E-state index in [4.69, 9.17) is 16.7 Å². The van der Waals surface area contributed by atoms with E-state index in [1.165, 1.54) is 17.3 Å². The molecule has 2 fully saturated rings. The van der Waals surface area contributed by atoms with E-state index in [0.29, 0.717) is 23.2 Å². The summed E-state index contributed by atoms with van der Waals surface area (Å²) in [5.41, 5.74) is 2.19. The molecule has 3 heterocycles. The van der Waals surface area contributed by atoms with Gasteiger partial charge in [-0.3, -0.25) is 9.59 Å². The third-order valence-corrected chi connectivity index (χ3v) is 7.14. The molecule has 212 valence electrons. The molecule has 5 N–H and O–H groups in total. The fraction of sp³-hybridized carbons (Fsp3) is 0.462. The summed E-state index contributed by atoms with van der Waals surface area (Å²) >= 11 is 5.96. The number of amides is 4. The second-order valence-corrected chi connectivity index (χ2v) is 10.8. The van der Waals surface area contributed by atoms with Crippen molar-refractivity contribution in [3.05, 3.63) is 41.4 Å². The monoisotopic (exact) mass is 568 g/mol. The van der Waals surface area contributed by atoms with Crippen molar-refractivity contribution in [2.75, 3.05) is 36.6 Å². The Morgan fingerprint density at radius 3 is 2.40 bits per heavy atom. The summed E-state index contributed by atoms with van der Waals surface area (Å²) in [6, 6.07) is 5.38. The number of imidazole rings is 1. The summed E-state index contributed by atoms with van der Waals surface area (Å²) in [6.45, 7) is -0.0360. The van der Waals surface area contributed by atoms with Gasteiger partial charge in [-0.2, -0.15) is 0 Å². The third kappa shape index (κ3) is 6.89. The molecule has 2 aliphatic carbocycles. The lowest BCUT2D eigenvalue weighted by atomic mass is 9.91. The van der Waals surface area contributed by atoms with E-state index >= 15 is 0 Å². The van der Waals surface area contributed by atoms with Gasteiger partial charge in [0.05, 0.1) is 18.4 Å². The van der Waals surface area contributed by atoms with Crippen LogP contribution >= 0.6 is 11.6 Å². The highest BCUT2D eigenvalue weighted by molar-refractivity contribution is 6.29. The number of nitrogens with zero attached hydrogens (tertiary/aromatic N) is 5. The molecule has 0 atom stereocenters. The van der Waals surface area contributed by atoms with Crippen LogP contribution in [0.3, 0.4) is 0 Å². The Morgan fingerprint density at radius 2 is 1.70 bits per heavy atom. The molecule has 2 aliphatic rings. The molecule has 0 aliphatic heterocycles. The zero-order chi connectivity index (χ0) is 28.2. The van der Waals surface area contributed by atoms with Crippen molar-refractivity contribution in [1.82, 2.24) is 35.1 Å². The van der Waals surface area contributed by atoms with Gasteiger partial charge in [0, 0.05) is 50.2 Å². The van der Waals surface area contributed by atoms with Crippen molar-refractivity contribution in [1.29, 1.82) is 0 Å². The summed E-state index contributed by atoms with van der Waals surface area (Å²) in [5, 5.41) is 20.4. The van der Waals surface area contributed by atoms with Crippen LogP contribution in [0.2, 0.25) is 5.15 Å². The van der Waals surface area contributed by atoms with Gasteiger partial charge in [0.2, 0.25) is 5.91 Å². The average Bonchev–Trinajstić information content (AvgIpc) is 3.63. The standard InChI is InChI=1S/C26H33ClN10O3/c1-36(2)23(38)14-30-26(40)34-17-7-5-16(6-8-17)32-22-12-19(31-15-3-4-15)24-29-13-20(37(24)35-22)25(39)33-18-9-10-28-21(27)11-18/h9-13,15-17,31H,3-8,14H2,1-2H3,(H,32,35)(H,28,33,39)(H2,30,34,40). The predicted octanol–water partition coefficient (Wildman–Crippen LogP) is 2.71. The van der Waals surface area contributed by atoms with E-state index in [1.54, 1.807) is 30.7 Å². The van der Waals surface area contributed by atoms with Crippen LogP contribution < -0.4 is 26.6 Å². The summed E-state index contributed by atoms with van der Waals surface area (Å²) in [6.07, 6.45) is 8.43. The van der Waals surface area contributed by atoms with Crippen LogP contribution in [0.4, 0.5) is 22.0 Å². The van der Waals surface area contributed by atoms with Crippen molar-refractivity contribution in [2.45, 2.75) is 56.7 Å². The number of halogens is 1. The SMILES string of the molecule is CN(C)C(=O)CNC(=O)NC1CCC(Nc2cc(NC3CC3)c3ncc(C(=O)Nc4ccnc(Cl)c4)n3n2)CC1. The van der Waals surface area contributed by atoms with E-state index in [9.17, 15) is 14.4 Å². The Kier molecular flexibility index (Phi) is 8.19. The lowest BCUT2D eigenvalue weighted by Crippen LogP contribution is -2.47. The van der Waals surface area contributed by atoms with E-state index in [-0.39, 0.29) is 47.3 Å². The maximum Gasteiger partial charge on any atom is 0.315 e. The number of carbonyl (C=O) groups excluding carboxylic acids is 3. The minimum Gasteiger partial charge on any atom is -0.379 e. The van der Waals surface area contributed by atoms with Crippen LogP contribution in [0, 0.1) is 0 Å². The minimum atomic E-state index is -0.367. The van der Waals surface area contributed by atoms with Crippen molar-refractivity contribution in [3.8, 4) is 0 Å². The first kappa shape index (κ1) is 27.4. The predicted molar refractivity (Wildman–Crippen MR) is 152 cm³/mol. The van der Waals surface area contributed by atoms with Gasteiger partial charge in [-0.1, -0.05) is 11.6 Å². The quantitative estimate of drug-likeness (QED) is 0.247. The number of rotatable bonds is 9. The van der Waals surface area contributed by atoms with Crippen molar-refractivity contribution < 1.29 is 14.4 Å². The van der Waals surface area contributed by atoms with Gasteiger partial charge in [-0.05, 0) is 50.7 Å². The van der Waals surface area contributed by atoms with E-state index in [2.05, 4.69) is 36.6 Å². The topological polar surface area (TPSA) is 158 Å². The van der Waals surface area contributed by atoms with Crippen LogP contribution in [-0.4, -0.2) is 81.1 Å². The van der Waals surface area contributed by atoms with Crippen LogP contribution in [-0.2, 0) is 4.79 Å². The van der Waals surface area contributed by atoms with Gasteiger partial charge in [0.25, 0.3) is 5.91 Å². The fourth-order valence-corrected chi connectivity index (χ4v) is 4.74. The highest BCUT2D eigenvalue weighted by atomic mass is 35.5. The summed E-state index contributed by atoms with van der Waals surface area (Å²) in [5.74, 6) is 0.100. The Hall–Kier alpha value is -4.13. The molecule has 2 saturated carbocycles. The molecule has 40 heavy (non-hydrogen) atoms. The van der Waals surface area contributed by atoms with Gasteiger partial charge in [0.15, 0.2) is 11.3 Å². The highest BCUT2D eigenvalue weighted by Gasteiger charge is 2.26. The smallest absolute Gasteiger partial charge is 0.315 e. The van der Waals surface area contributed by atoms with Crippen molar-refractivity contribution in [3.63, 3.8) is 0 Å². The molecule has 0 unspecified atom stereocenters.